The van der Waals surface area contributed by atoms with E-state index in [4.69, 9.17) is 22.1 Å². The maximum atomic E-state index is 13.4. The SMILES string of the molecule is Cn1nc(C2=CC3(CC2)CN(C(=O)OC(C)(C)C)C3)c(C(=O)Nc2ccc(F)c(Cl)c2)c1N. The average Bonchev–Trinajstić information content (AvgIpc) is 3.24. The van der Waals surface area contributed by atoms with Gasteiger partial charge in [-0.3, -0.25) is 9.48 Å². The van der Waals surface area contributed by atoms with Crippen LogP contribution in [0.1, 0.15) is 49.7 Å². The van der Waals surface area contributed by atoms with Crippen LogP contribution in [-0.4, -0.2) is 45.4 Å². The largest absolute Gasteiger partial charge is 0.444 e. The number of ether oxygens (including phenoxy) is 1. The Hall–Kier alpha value is -3.07. The minimum atomic E-state index is -0.571. The van der Waals surface area contributed by atoms with Gasteiger partial charge in [-0.05, 0) is 57.4 Å². The Morgan fingerprint density at radius 1 is 1.30 bits per heavy atom. The van der Waals surface area contributed by atoms with Crippen molar-refractivity contribution in [2.24, 2.45) is 12.5 Å². The van der Waals surface area contributed by atoms with Crippen LogP contribution < -0.4 is 11.1 Å². The van der Waals surface area contributed by atoms with Gasteiger partial charge in [0.2, 0.25) is 0 Å². The molecule has 2 heterocycles. The van der Waals surface area contributed by atoms with Gasteiger partial charge in [-0.2, -0.15) is 5.10 Å². The number of amides is 2. The summed E-state index contributed by atoms with van der Waals surface area (Å²) in [6.07, 6.45) is 3.32. The highest BCUT2D eigenvalue weighted by Crippen LogP contribution is 2.47. The lowest BCUT2D eigenvalue weighted by atomic mass is 9.80. The van der Waals surface area contributed by atoms with Crippen molar-refractivity contribution in [2.45, 2.75) is 39.2 Å². The van der Waals surface area contributed by atoms with Gasteiger partial charge in [-0.1, -0.05) is 17.7 Å². The summed E-state index contributed by atoms with van der Waals surface area (Å²) in [6.45, 7) is 6.64. The minimum absolute atomic E-state index is 0.0906. The third kappa shape index (κ3) is 4.55. The molecule has 1 saturated heterocycles. The second-order valence-electron chi connectivity index (χ2n) is 9.68. The molecule has 3 N–H and O–H groups in total. The number of nitrogens with two attached hydrogens (primary N) is 1. The first-order valence-electron chi connectivity index (χ1n) is 10.7. The van der Waals surface area contributed by atoms with Gasteiger partial charge in [-0.15, -0.1) is 0 Å². The Kier molecular flexibility index (Phi) is 5.64. The van der Waals surface area contributed by atoms with Crippen LogP contribution in [-0.2, 0) is 11.8 Å². The molecule has 33 heavy (non-hydrogen) atoms. The number of nitrogens with zero attached hydrogens (tertiary/aromatic N) is 3. The predicted molar refractivity (Wildman–Crippen MR) is 124 cm³/mol. The van der Waals surface area contributed by atoms with Gasteiger partial charge < -0.3 is 20.7 Å². The van der Waals surface area contributed by atoms with Crippen molar-refractivity contribution in [1.29, 1.82) is 0 Å². The first-order chi connectivity index (χ1) is 15.4. The van der Waals surface area contributed by atoms with Crippen molar-refractivity contribution in [3.8, 4) is 0 Å². The Balaban J connectivity index is 1.53. The Labute approximate surface area is 196 Å². The maximum Gasteiger partial charge on any atom is 0.410 e. The van der Waals surface area contributed by atoms with Crippen LogP contribution >= 0.6 is 11.6 Å². The van der Waals surface area contributed by atoms with E-state index in [0.717, 1.165) is 12.0 Å². The van der Waals surface area contributed by atoms with Gasteiger partial charge in [0.15, 0.2) is 0 Å². The monoisotopic (exact) mass is 475 g/mol. The maximum absolute atomic E-state index is 13.4. The van der Waals surface area contributed by atoms with Crippen LogP contribution in [0.15, 0.2) is 24.3 Å². The van der Waals surface area contributed by atoms with E-state index in [0.29, 0.717) is 30.9 Å². The van der Waals surface area contributed by atoms with Crippen molar-refractivity contribution >= 4 is 40.7 Å². The summed E-state index contributed by atoms with van der Waals surface area (Å²) in [5.41, 5.74) is 7.50. The van der Waals surface area contributed by atoms with E-state index in [1.54, 1.807) is 11.9 Å². The summed E-state index contributed by atoms with van der Waals surface area (Å²) in [5.74, 6) is -0.802. The van der Waals surface area contributed by atoms with Gasteiger partial charge in [0, 0.05) is 31.2 Å². The molecule has 2 aliphatic rings. The number of allylic oxidation sites excluding steroid dienone is 1. The number of rotatable bonds is 3. The lowest BCUT2D eigenvalue weighted by molar-refractivity contribution is -0.0183. The van der Waals surface area contributed by atoms with Crippen LogP contribution in [0.2, 0.25) is 5.02 Å². The smallest absolute Gasteiger partial charge is 0.410 e. The topological polar surface area (TPSA) is 102 Å². The molecule has 176 valence electrons. The van der Waals surface area contributed by atoms with Crippen molar-refractivity contribution in [1.82, 2.24) is 14.7 Å². The van der Waals surface area contributed by atoms with Gasteiger partial charge in [0.1, 0.15) is 28.5 Å². The number of likely N-dealkylation sites (tertiary alicyclic amines) is 1. The molecule has 1 fully saturated rings. The Morgan fingerprint density at radius 3 is 2.64 bits per heavy atom. The first-order valence-corrected chi connectivity index (χ1v) is 11.0. The molecule has 4 rings (SSSR count). The summed E-state index contributed by atoms with van der Waals surface area (Å²) in [6, 6.07) is 3.95. The third-order valence-corrected chi connectivity index (χ3v) is 6.13. The molecule has 0 unspecified atom stereocenters. The summed E-state index contributed by atoms with van der Waals surface area (Å²) in [4.78, 5) is 27.1. The van der Waals surface area contributed by atoms with Crippen LogP contribution in [0, 0.1) is 11.2 Å². The molecule has 1 aliphatic heterocycles. The zero-order chi connectivity index (χ0) is 24.1. The summed E-state index contributed by atoms with van der Waals surface area (Å²) < 4.78 is 20.4. The zero-order valence-corrected chi connectivity index (χ0v) is 19.8. The number of hydrogen-bond acceptors (Lipinski definition) is 5. The molecule has 0 atom stereocenters. The van der Waals surface area contributed by atoms with Crippen LogP contribution in [0.5, 0.6) is 0 Å². The molecule has 2 aromatic rings. The number of aryl methyl sites for hydroxylation is 1. The van der Waals surface area contributed by atoms with E-state index >= 15 is 0 Å². The molecule has 1 aromatic heterocycles. The molecule has 1 aliphatic carbocycles. The summed E-state index contributed by atoms with van der Waals surface area (Å²) in [5, 5.41) is 7.11. The fraction of sp³-hybridized carbons (Fsp3) is 0.435. The molecule has 8 nitrogen and oxygen atoms in total. The van der Waals surface area contributed by atoms with Crippen molar-refractivity contribution in [3.63, 3.8) is 0 Å². The van der Waals surface area contributed by atoms with Crippen LogP contribution in [0.25, 0.3) is 5.57 Å². The van der Waals surface area contributed by atoms with Crippen LogP contribution in [0.4, 0.5) is 20.7 Å². The molecular formula is C23H27ClFN5O3. The highest BCUT2D eigenvalue weighted by molar-refractivity contribution is 6.31. The van der Waals surface area contributed by atoms with Crippen molar-refractivity contribution in [3.05, 3.63) is 46.4 Å². The first kappa shape index (κ1) is 23.1. The highest BCUT2D eigenvalue weighted by Gasteiger charge is 2.48. The van der Waals surface area contributed by atoms with E-state index in [-0.39, 0.29) is 27.9 Å². The number of nitrogen functional groups attached to an aromatic ring is 1. The summed E-state index contributed by atoms with van der Waals surface area (Å²) in [7, 11) is 1.67. The molecule has 10 heteroatoms. The van der Waals surface area contributed by atoms with E-state index in [1.165, 1.54) is 22.9 Å². The van der Waals surface area contributed by atoms with Crippen molar-refractivity contribution < 1.29 is 18.7 Å². The Bertz CT molecular complexity index is 1160. The van der Waals surface area contributed by atoms with Crippen molar-refractivity contribution in [2.75, 3.05) is 24.1 Å². The molecule has 1 spiro atoms. The number of halogens is 2. The minimum Gasteiger partial charge on any atom is -0.444 e. The zero-order valence-electron chi connectivity index (χ0n) is 19.0. The van der Waals surface area contributed by atoms with Gasteiger partial charge in [-0.25, -0.2) is 9.18 Å². The lowest BCUT2D eigenvalue weighted by Crippen LogP contribution is -2.57. The van der Waals surface area contributed by atoms with Crippen LogP contribution in [0.3, 0.4) is 0 Å². The van der Waals surface area contributed by atoms with E-state index in [9.17, 15) is 14.0 Å². The van der Waals surface area contributed by atoms with Gasteiger partial charge >= 0.3 is 6.09 Å². The number of carbonyl (C=O) groups excluding carboxylic acids is 2. The summed E-state index contributed by atoms with van der Waals surface area (Å²) >= 11 is 5.82. The van der Waals surface area contributed by atoms with Gasteiger partial charge in [0.25, 0.3) is 5.91 Å². The lowest BCUT2D eigenvalue weighted by Gasteiger charge is -2.47. The number of nitrogens with one attached hydrogen (secondary N) is 1. The standard InChI is InChI=1S/C23H27ClFN5O3/c1-22(2,3)33-21(32)30-11-23(12-30)8-7-13(10-23)18-17(19(26)29(4)28-18)20(31)27-14-5-6-16(25)15(24)9-14/h5-6,9-10H,7-8,11-12,26H2,1-4H3,(H,27,31). The highest BCUT2D eigenvalue weighted by atomic mass is 35.5. The fourth-order valence-corrected chi connectivity index (χ4v) is 4.44. The van der Waals surface area contributed by atoms with Gasteiger partial charge in [0.05, 0.1) is 5.02 Å². The molecule has 0 saturated carbocycles. The second-order valence-corrected chi connectivity index (χ2v) is 10.1. The third-order valence-electron chi connectivity index (χ3n) is 5.84. The molecule has 1 aromatic carbocycles. The number of carbonyl (C=O) groups is 2. The van der Waals surface area contributed by atoms with E-state index in [1.807, 2.05) is 20.8 Å². The number of aromatic nitrogens is 2. The Morgan fingerprint density at radius 2 is 2.00 bits per heavy atom. The van der Waals surface area contributed by atoms with E-state index in [2.05, 4.69) is 16.5 Å². The average molecular weight is 476 g/mol. The molecule has 0 radical (unpaired) electrons. The second kappa shape index (κ2) is 8.06. The quantitative estimate of drug-likeness (QED) is 0.682. The molecule has 2 amide bonds. The number of benzene rings is 1. The number of anilines is 2. The number of hydrogen-bond donors (Lipinski definition) is 2. The molecule has 0 bridgehead atoms. The van der Waals surface area contributed by atoms with E-state index < -0.39 is 17.3 Å². The normalized spacial score (nSPS) is 17.0. The fourth-order valence-electron chi connectivity index (χ4n) is 4.26. The molecular weight excluding hydrogens is 449 g/mol. The predicted octanol–water partition coefficient (Wildman–Crippen LogP) is 4.46.